The van der Waals surface area contributed by atoms with Gasteiger partial charge in [-0.1, -0.05) is 19.8 Å². The number of hydroxylamine groups is 2. The topological polar surface area (TPSA) is 116 Å². The molecule has 0 spiro atoms. The molecule has 0 bridgehead atoms. The second-order valence-corrected chi connectivity index (χ2v) is 6.34. The average molecular weight is 363 g/mol. The van der Waals surface area contributed by atoms with Crippen molar-refractivity contribution in [1.82, 2.24) is 19.9 Å². The summed E-state index contributed by atoms with van der Waals surface area (Å²) in [5.74, 6) is -0.713. The number of hydrogen-bond acceptors (Lipinski definition) is 6. The van der Waals surface area contributed by atoms with Crippen molar-refractivity contribution in [1.29, 1.82) is 0 Å². The second kappa shape index (κ2) is 9.81. The van der Waals surface area contributed by atoms with Crippen molar-refractivity contribution in [3.8, 4) is 0 Å². The van der Waals surface area contributed by atoms with E-state index in [4.69, 9.17) is 0 Å². The molecule has 1 aromatic heterocycles. The van der Waals surface area contributed by atoms with Crippen LogP contribution in [0.2, 0.25) is 0 Å². The van der Waals surface area contributed by atoms with Gasteiger partial charge in [0.15, 0.2) is 5.82 Å². The van der Waals surface area contributed by atoms with Gasteiger partial charge in [0, 0.05) is 18.9 Å². The van der Waals surface area contributed by atoms with Crippen molar-refractivity contribution in [2.45, 2.75) is 45.1 Å². The minimum Gasteiger partial charge on any atom is -0.330 e. The Kier molecular flexibility index (Phi) is 7.46. The maximum absolute atomic E-state index is 12.9. The van der Waals surface area contributed by atoms with Crippen molar-refractivity contribution in [2.24, 2.45) is 5.92 Å². The van der Waals surface area contributed by atoms with E-state index in [2.05, 4.69) is 15.3 Å². The van der Waals surface area contributed by atoms with Gasteiger partial charge in [0.25, 0.3) is 0 Å². The van der Waals surface area contributed by atoms with Crippen LogP contribution in [0.1, 0.15) is 39.0 Å². The Morgan fingerprint density at radius 1 is 1.50 bits per heavy atom. The number of likely N-dealkylation sites (tertiary alicyclic amines) is 1. The predicted molar refractivity (Wildman–Crippen MR) is 93.0 cm³/mol. The molecule has 142 valence electrons. The molecule has 0 aromatic carbocycles. The van der Waals surface area contributed by atoms with Crippen molar-refractivity contribution in [2.75, 3.05) is 18.4 Å². The van der Waals surface area contributed by atoms with E-state index >= 15 is 0 Å². The van der Waals surface area contributed by atoms with Crippen LogP contribution in [-0.2, 0) is 14.4 Å². The van der Waals surface area contributed by atoms with Crippen LogP contribution in [0, 0.1) is 5.92 Å². The van der Waals surface area contributed by atoms with Gasteiger partial charge < -0.3 is 10.2 Å². The molecule has 26 heavy (non-hydrogen) atoms. The van der Waals surface area contributed by atoms with Crippen LogP contribution < -0.4 is 5.32 Å². The number of anilines is 1. The molecule has 0 unspecified atom stereocenters. The first-order valence-corrected chi connectivity index (χ1v) is 8.85. The molecule has 1 aliphatic heterocycles. The van der Waals surface area contributed by atoms with E-state index in [1.54, 1.807) is 4.90 Å². The highest BCUT2D eigenvalue weighted by atomic mass is 16.5. The smallest absolute Gasteiger partial charge is 0.248 e. The highest BCUT2D eigenvalue weighted by Crippen LogP contribution is 2.23. The van der Waals surface area contributed by atoms with E-state index in [1.165, 1.54) is 18.6 Å². The minimum atomic E-state index is -0.586. The highest BCUT2D eigenvalue weighted by Gasteiger charge is 2.37. The molecular formula is C17H25N5O4. The number of unbranched alkanes of at least 4 members (excludes halogenated alkanes) is 1. The lowest BCUT2D eigenvalue weighted by Crippen LogP contribution is -2.47. The zero-order chi connectivity index (χ0) is 18.9. The summed E-state index contributed by atoms with van der Waals surface area (Å²) < 4.78 is 0. The number of nitrogens with one attached hydrogen (secondary N) is 1. The van der Waals surface area contributed by atoms with E-state index < -0.39 is 12.0 Å². The summed E-state index contributed by atoms with van der Waals surface area (Å²) in [5.41, 5.74) is 0. The number of carbonyl (C=O) groups excluding carboxylic acids is 3. The van der Waals surface area contributed by atoms with Crippen LogP contribution in [0.15, 0.2) is 18.6 Å². The van der Waals surface area contributed by atoms with Crippen molar-refractivity contribution >= 4 is 24.0 Å². The molecule has 1 aromatic rings. The van der Waals surface area contributed by atoms with E-state index in [1.807, 2.05) is 6.92 Å². The fourth-order valence-corrected chi connectivity index (χ4v) is 3.12. The predicted octanol–water partition coefficient (Wildman–Crippen LogP) is 1.06. The maximum Gasteiger partial charge on any atom is 0.248 e. The molecule has 1 aliphatic rings. The molecule has 1 saturated heterocycles. The Labute approximate surface area is 152 Å². The van der Waals surface area contributed by atoms with Crippen LogP contribution in [0.5, 0.6) is 0 Å². The summed E-state index contributed by atoms with van der Waals surface area (Å²) in [4.78, 5) is 45.7. The lowest BCUT2D eigenvalue weighted by atomic mass is 9.99. The van der Waals surface area contributed by atoms with Gasteiger partial charge >= 0.3 is 0 Å². The molecule has 0 radical (unpaired) electrons. The summed E-state index contributed by atoms with van der Waals surface area (Å²) in [5, 5.41) is 12.7. The molecule has 2 heterocycles. The van der Waals surface area contributed by atoms with E-state index in [9.17, 15) is 19.6 Å². The zero-order valence-corrected chi connectivity index (χ0v) is 14.9. The largest absolute Gasteiger partial charge is 0.330 e. The molecule has 3 amide bonds. The fourth-order valence-electron chi connectivity index (χ4n) is 3.12. The molecule has 9 heteroatoms. The van der Waals surface area contributed by atoms with Crippen LogP contribution >= 0.6 is 0 Å². The lowest BCUT2D eigenvalue weighted by Gasteiger charge is -2.29. The highest BCUT2D eigenvalue weighted by molar-refractivity contribution is 5.97. The SMILES string of the molecule is CCCC[C@H](CN(O)C=O)C(=O)N1CCC[C@H]1C(=O)Nc1cnccn1. The second-order valence-electron chi connectivity index (χ2n) is 6.34. The van der Waals surface area contributed by atoms with Gasteiger partial charge in [0.2, 0.25) is 18.2 Å². The Bertz CT molecular complexity index is 612. The van der Waals surface area contributed by atoms with Gasteiger partial charge in [-0.2, -0.15) is 0 Å². The summed E-state index contributed by atoms with van der Waals surface area (Å²) in [6.07, 6.45) is 8.24. The molecular weight excluding hydrogens is 338 g/mol. The first-order valence-electron chi connectivity index (χ1n) is 8.85. The van der Waals surface area contributed by atoms with Gasteiger partial charge in [-0.05, 0) is 19.3 Å². The third-order valence-corrected chi connectivity index (χ3v) is 4.44. The summed E-state index contributed by atoms with van der Waals surface area (Å²) >= 11 is 0. The number of carbonyl (C=O) groups is 3. The van der Waals surface area contributed by atoms with Crippen molar-refractivity contribution in [3.05, 3.63) is 18.6 Å². The number of amides is 3. The van der Waals surface area contributed by atoms with Gasteiger partial charge in [0.05, 0.1) is 18.7 Å². The Morgan fingerprint density at radius 2 is 2.31 bits per heavy atom. The van der Waals surface area contributed by atoms with Crippen LogP contribution in [0.3, 0.4) is 0 Å². The van der Waals surface area contributed by atoms with Crippen LogP contribution in [0.25, 0.3) is 0 Å². The van der Waals surface area contributed by atoms with Gasteiger partial charge in [0.1, 0.15) is 6.04 Å². The van der Waals surface area contributed by atoms with E-state index in [0.29, 0.717) is 30.3 Å². The molecule has 2 atom stereocenters. The van der Waals surface area contributed by atoms with Crippen LogP contribution in [0.4, 0.5) is 5.82 Å². The first-order chi connectivity index (χ1) is 12.6. The Hall–Kier alpha value is -2.55. The molecule has 1 fully saturated rings. The van der Waals surface area contributed by atoms with Crippen molar-refractivity contribution in [3.63, 3.8) is 0 Å². The third-order valence-electron chi connectivity index (χ3n) is 4.44. The van der Waals surface area contributed by atoms with Crippen molar-refractivity contribution < 1.29 is 19.6 Å². The maximum atomic E-state index is 12.9. The first kappa shape index (κ1) is 19.8. The Balaban J connectivity index is 2.06. The van der Waals surface area contributed by atoms with E-state index in [0.717, 1.165) is 19.3 Å². The van der Waals surface area contributed by atoms with Gasteiger partial charge in [-0.25, -0.2) is 10.0 Å². The normalized spacial score (nSPS) is 17.6. The Morgan fingerprint density at radius 3 is 2.96 bits per heavy atom. The number of nitrogens with zero attached hydrogens (tertiary/aromatic N) is 4. The van der Waals surface area contributed by atoms with Gasteiger partial charge in [-0.15, -0.1) is 0 Å². The van der Waals surface area contributed by atoms with Crippen LogP contribution in [-0.4, -0.2) is 62.5 Å². The van der Waals surface area contributed by atoms with E-state index in [-0.39, 0.29) is 24.8 Å². The monoisotopic (exact) mass is 363 g/mol. The summed E-state index contributed by atoms with van der Waals surface area (Å²) in [7, 11) is 0. The number of rotatable bonds is 9. The van der Waals surface area contributed by atoms with Gasteiger partial charge in [-0.3, -0.25) is 24.6 Å². The zero-order valence-electron chi connectivity index (χ0n) is 14.9. The molecule has 2 rings (SSSR count). The summed E-state index contributed by atoms with van der Waals surface area (Å²) in [6.45, 7) is 2.41. The molecule has 9 nitrogen and oxygen atoms in total. The molecule has 0 saturated carbocycles. The lowest BCUT2D eigenvalue weighted by molar-refractivity contribution is -0.157. The average Bonchev–Trinajstić information content (AvgIpc) is 3.15. The minimum absolute atomic E-state index is 0.0721. The molecule has 0 aliphatic carbocycles. The number of aromatic nitrogens is 2. The number of hydrogen-bond donors (Lipinski definition) is 2. The quantitative estimate of drug-likeness (QED) is 0.385. The summed E-state index contributed by atoms with van der Waals surface area (Å²) in [6, 6.07) is -0.586. The third kappa shape index (κ3) is 5.22. The fraction of sp³-hybridized carbons (Fsp3) is 0.588. The standard InChI is InChI=1S/C17H25N5O4/c1-2-3-5-13(11-21(26)12-23)17(25)22-9-4-6-14(22)16(24)20-15-10-18-7-8-19-15/h7-8,10,12-14,26H,2-6,9,11H2,1H3,(H,19,20,24)/t13-,14+/m1/s1. The molecule has 2 N–H and O–H groups in total.